The maximum Gasteiger partial charge on any atom is 0.134 e. The van der Waals surface area contributed by atoms with E-state index in [4.69, 9.17) is 9.52 Å². The predicted molar refractivity (Wildman–Crippen MR) is 80.6 cm³/mol. The Morgan fingerprint density at radius 1 is 1.10 bits per heavy atom. The van der Waals surface area contributed by atoms with Crippen molar-refractivity contribution in [2.75, 3.05) is 5.32 Å². The molecule has 102 valence electrons. The van der Waals surface area contributed by atoms with E-state index in [2.05, 4.69) is 18.3 Å². The van der Waals surface area contributed by atoms with E-state index in [0.717, 1.165) is 28.0 Å². The first-order valence-electron chi connectivity index (χ1n) is 6.71. The molecule has 3 rings (SSSR count). The zero-order valence-corrected chi connectivity index (χ0v) is 11.3. The number of anilines is 1. The molecular formula is C17H17NO2. The van der Waals surface area contributed by atoms with Crippen LogP contribution in [0.15, 0.2) is 59.0 Å². The molecule has 0 radical (unpaired) electrons. The summed E-state index contributed by atoms with van der Waals surface area (Å²) in [7, 11) is 0. The van der Waals surface area contributed by atoms with Crippen LogP contribution in [0.1, 0.15) is 24.3 Å². The number of hydrogen-bond acceptors (Lipinski definition) is 3. The maximum atomic E-state index is 9.16. The summed E-state index contributed by atoms with van der Waals surface area (Å²) >= 11 is 0. The van der Waals surface area contributed by atoms with Crippen LogP contribution in [0.3, 0.4) is 0 Å². The van der Waals surface area contributed by atoms with Crippen LogP contribution in [0.2, 0.25) is 0 Å². The fourth-order valence-electron chi connectivity index (χ4n) is 2.30. The van der Waals surface area contributed by atoms with Crippen molar-refractivity contribution in [1.29, 1.82) is 0 Å². The normalized spacial score (nSPS) is 12.5. The van der Waals surface area contributed by atoms with Crippen molar-refractivity contribution in [3.63, 3.8) is 0 Å². The first-order chi connectivity index (χ1) is 9.76. The molecule has 20 heavy (non-hydrogen) atoms. The Kier molecular flexibility index (Phi) is 3.44. The Bertz CT molecular complexity index is 685. The highest BCUT2D eigenvalue weighted by atomic mass is 16.3. The summed E-state index contributed by atoms with van der Waals surface area (Å²) < 4.78 is 5.85. The molecule has 2 aromatic carbocycles. The van der Waals surface area contributed by atoms with Gasteiger partial charge in [0.15, 0.2) is 0 Å². The molecule has 2 N–H and O–H groups in total. The standard InChI is InChI=1S/C17H17NO2/c1-12(18-15-7-4-5-13(9-15)11-19)17-10-14-6-2-3-8-16(14)20-17/h2-10,12,18-19H,11H2,1H3. The molecule has 1 aromatic heterocycles. The van der Waals surface area contributed by atoms with Crippen molar-refractivity contribution in [1.82, 2.24) is 0 Å². The molecule has 0 fully saturated rings. The summed E-state index contributed by atoms with van der Waals surface area (Å²) in [5, 5.41) is 13.7. The van der Waals surface area contributed by atoms with Crippen LogP contribution >= 0.6 is 0 Å². The third-order valence-corrected chi connectivity index (χ3v) is 3.36. The van der Waals surface area contributed by atoms with Gasteiger partial charge in [-0.25, -0.2) is 0 Å². The fraction of sp³-hybridized carbons (Fsp3) is 0.176. The number of para-hydroxylation sites is 1. The summed E-state index contributed by atoms with van der Waals surface area (Å²) in [5.41, 5.74) is 2.77. The molecule has 3 heteroatoms. The van der Waals surface area contributed by atoms with Gasteiger partial charge in [0.1, 0.15) is 11.3 Å². The van der Waals surface area contributed by atoms with Crippen molar-refractivity contribution in [3.05, 3.63) is 65.9 Å². The van der Waals surface area contributed by atoms with Crippen molar-refractivity contribution in [2.24, 2.45) is 0 Å². The largest absolute Gasteiger partial charge is 0.459 e. The maximum absolute atomic E-state index is 9.16. The highest BCUT2D eigenvalue weighted by Gasteiger charge is 2.11. The summed E-state index contributed by atoms with van der Waals surface area (Å²) in [6, 6.07) is 17.9. The number of furan rings is 1. The van der Waals surface area contributed by atoms with Gasteiger partial charge in [0.25, 0.3) is 0 Å². The monoisotopic (exact) mass is 267 g/mol. The molecule has 1 unspecified atom stereocenters. The Hall–Kier alpha value is -2.26. The van der Waals surface area contributed by atoms with Gasteiger partial charge in [0, 0.05) is 11.1 Å². The molecule has 3 aromatic rings. The third kappa shape index (κ3) is 2.53. The summed E-state index contributed by atoms with van der Waals surface area (Å²) in [6.07, 6.45) is 0. The second kappa shape index (κ2) is 5.39. The van der Waals surface area contributed by atoms with E-state index >= 15 is 0 Å². The minimum absolute atomic E-state index is 0.0501. The van der Waals surface area contributed by atoms with Gasteiger partial charge in [-0.2, -0.15) is 0 Å². The van der Waals surface area contributed by atoms with Crippen LogP contribution in [0.5, 0.6) is 0 Å². The lowest BCUT2D eigenvalue weighted by Gasteiger charge is -2.13. The Labute approximate surface area is 117 Å². The van der Waals surface area contributed by atoms with Crippen LogP contribution in [0.4, 0.5) is 5.69 Å². The summed E-state index contributed by atoms with van der Waals surface area (Å²) in [4.78, 5) is 0. The average molecular weight is 267 g/mol. The first-order valence-corrected chi connectivity index (χ1v) is 6.71. The van der Waals surface area contributed by atoms with Gasteiger partial charge in [-0.3, -0.25) is 0 Å². The molecule has 1 heterocycles. The lowest BCUT2D eigenvalue weighted by molar-refractivity contribution is 0.282. The minimum atomic E-state index is 0.0501. The van der Waals surface area contributed by atoms with Crippen molar-refractivity contribution in [3.8, 4) is 0 Å². The molecule has 0 aliphatic rings. The van der Waals surface area contributed by atoms with Gasteiger partial charge in [0.05, 0.1) is 12.6 Å². The van der Waals surface area contributed by atoms with E-state index in [1.54, 1.807) is 0 Å². The number of nitrogens with one attached hydrogen (secondary N) is 1. The molecule has 1 atom stereocenters. The topological polar surface area (TPSA) is 45.4 Å². The van der Waals surface area contributed by atoms with Crippen molar-refractivity contribution in [2.45, 2.75) is 19.6 Å². The molecule has 0 aliphatic heterocycles. The molecular weight excluding hydrogens is 250 g/mol. The molecule has 0 bridgehead atoms. The van der Waals surface area contributed by atoms with Crippen LogP contribution in [-0.4, -0.2) is 5.11 Å². The zero-order valence-electron chi connectivity index (χ0n) is 11.3. The lowest BCUT2D eigenvalue weighted by Crippen LogP contribution is -2.05. The quantitative estimate of drug-likeness (QED) is 0.748. The van der Waals surface area contributed by atoms with Crippen LogP contribution in [0, 0.1) is 0 Å². The number of benzene rings is 2. The molecule has 0 amide bonds. The highest BCUT2D eigenvalue weighted by molar-refractivity contribution is 5.77. The number of aliphatic hydroxyl groups excluding tert-OH is 1. The lowest BCUT2D eigenvalue weighted by atomic mass is 10.1. The van der Waals surface area contributed by atoms with Gasteiger partial charge >= 0.3 is 0 Å². The SMILES string of the molecule is CC(Nc1cccc(CO)c1)c1cc2ccccc2o1. The fourth-order valence-corrected chi connectivity index (χ4v) is 2.30. The predicted octanol–water partition coefficient (Wildman–Crippen LogP) is 4.10. The molecule has 0 saturated heterocycles. The van der Waals surface area contributed by atoms with Gasteiger partial charge in [-0.15, -0.1) is 0 Å². The van der Waals surface area contributed by atoms with Gasteiger partial charge in [0.2, 0.25) is 0 Å². The van der Waals surface area contributed by atoms with Crippen LogP contribution < -0.4 is 5.32 Å². The number of hydrogen-bond donors (Lipinski definition) is 2. The molecule has 0 aliphatic carbocycles. The Balaban J connectivity index is 1.82. The first kappa shape index (κ1) is 12.8. The van der Waals surface area contributed by atoms with E-state index in [0.29, 0.717) is 0 Å². The van der Waals surface area contributed by atoms with Crippen LogP contribution in [-0.2, 0) is 6.61 Å². The van der Waals surface area contributed by atoms with E-state index < -0.39 is 0 Å². The number of aliphatic hydroxyl groups is 1. The smallest absolute Gasteiger partial charge is 0.134 e. The Morgan fingerprint density at radius 2 is 1.95 bits per heavy atom. The number of fused-ring (bicyclic) bond motifs is 1. The van der Waals surface area contributed by atoms with Crippen molar-refractivity contribution >= 4 is 16.7 Å². The second-order valence-electron chi connectivity index (χ2n) is 4.91. The average Bonchev–Trinajstić information content (AvgIpc) is 2.91. The summed E-state index contributed by atoms with van der Waals surface area (Å²) in [6.45, 7) is 2.11. The third-order valence-electron chi connectivity index (χ3n) is 3.36. The van der Waals surface area contributed by atoms with E-state index in [1.807, 2.05) is 48.5 Å². The summed E-state index contributed by atoms with van der Waals surface area (Å²) in [5.74, 6) is 0.903. The minimum Gasteiger partial charge on any atom is -0.459 e. The Morgan fingerprint density at radius 3 is 2.75 bits per heavy atom. The zero-order chi connectivity index (χ0) is 13.9. The van der Waals surface area contributed by atoms with Gasteiger partial charge < -0.3 is 14.8 Å². The van der Waals surface area contributed by atoms with E-state index in [9.17, 15) is 0 Å². The number of rotatable bonds is 4. The highest BCUT2D eigenvalue weighted by Crippen LogP contribution is 2.26. The van der Waals surface area contributed by atoms with E-state index in [-0.39, 0.29) is 12.6 Å². The van der Waals surface area contributed by atoms with E-state index in [1.165, 1.54) is 0 Å². The second-order valence-corrected chi connectivity index (χ2v) is 4.91. The van der Waals surface area contributed by atoms with Crippen LogP contribution in [0.25, 0.3) is 11.0 Å². The molecule has 0 saturated carbocycles. The molecule has 3 nitrogen and oxygen atoms in total. The van der Waals surface area contributed by atoms with Gasteiger partial charge in [-0.1, -0.05) is 30.3 Å². The molecule has 0 spiro atoms. The van der Waals surface area contributed by atoms with Crippen molar-refractivity contribution < 1.29 is 9.52 Å². The van der Waals surface area contributed by atoms with Gasteiger partial charge in [-0.05, 0) is 36.8 Å².